The van der Waals surface area contributed by atoms with Crippen molar-refractivity contribution in [2.45, 2.75) is 6.92 Å². The lowest BCUT2D eigenvalue weighted by Crippen LogP contribution is -2.74. The summed E-state index contributed by atoms with van der Waals surface area (Å²) in [5.41, 5.74) is 5.42. The monoisotopic (exact) mass is 762 g/mol. The van der Waals surface area contributed by atoms with E-state index < -0.39 is 8.07 Å². The SMILES string of the molecule is [2H]c1ccc2c(c1)c1cc([2H])ccc1n2-c1nc(-c2cccc([Si](c3ccccc3)(c3ccccc3)c3ccccc3)c2)nc(-n2c3ccc([2H])cc3c3cc(C)ccc32)n1. The largest absolute Gasteiger partial charge is 0.278 e. The van der Waals surface area contributed by atoms with Gasteiger partial charge in [0.1, 0.15) is 0 Å². The fourth-order valence-corrected chi connectivity index (χ4v) is 13.7. The van der Waals surface area contributed by atoms with Crippen LogP contribution in [0.4, 0.5) is 0 Å². The minimum Gasteiger partial charge on any atom is -0.278 e. The zero-order valence-electron chi connectivity index (χ0n) is 34.6. The van der Waals surface area contributed by atoms with Gasteiger partial charge in [0.25, 0.3) is 0 Å². The molecular weight excluding hydrogens is 723 g/mol. The number of hydrogen-bond acceptors (Lipinski definition) is 3. The first-order valence-corrected chi connectivity index (χ1v) is 21.4. The number of fused-ring (bicyclic) bond motifs is 6. The second-order valence-electron chi connectivity index (χ2n) is 14.7. The minimum atomic E-state index is -2.90. The fourth-order valence-electron chi connectivity index (χ4n) is 8.89. The minimum absolute atomic E-state index is 0.382. The number of hydrogen-bond donors (Lipinski definition) is 0. The normalized spacial score (nSPS) is 12.6. The molecule has 0 N–H and O–H groups in total. The van der Waals surface area contributed by atoms with Crippen molar-refractivity contribution in [2.75, 3.05) is 0 Å². The van der Waals surface area contributed by atoms with Crippen LogP contribution < -0.4 is 20.7 Å². The molecule has 3 heterocycles. The van der Waals surface area contributed by atoms with Crippen LogP contribution in [0.3, 0.4) is 0 Å². The summed E-state index contributed by atoms with van der Waals surface area (Å²) in [4.78, 5) is 16.0. The Labute approximate surface area is 341 Å². The summed E-state index contributed by atoms with van der Waals surface area (Å²) < 4.78 is 29.7. The summed E-state index contributed by atoms with van der Waals surface area (Å²) in [6, 6.07) is 65.7. The maximum atomic E-state index is 8.56. The van der Waals surface area contributed by atoms with E-state index in [1.54, 1.807) is 12.1 Å². The maximum absolute atomic E-state index is 8.56. The van der Waals surface area contributed by atoms with Gasteiger partial charge in [0.15, 0.2) is 13.9 Å². The Bertz CT molecular complexity index is 3120. The molecule has 0 fully saturated rings. The molecule has 0 saturated carbocycles. The van der Waals surface area contributed by atoms with Crippen LogP contribution in [0.1, 0.15) is 9.68 Å². The zero-order valence-corrected chi connectivity index (χ0v) is 32.6. The summed E-state index contributed by atoms with van der Waals surface area (Å²) in [6.45, 7) is 2.08. The molecule has 58 heavy (non-hydrogen) atoms. The molecule has 5 nitrogen and oxygen atoms in total. The third-order valence-corrected chi connectivity index (χ3v) is 16.2. The van der Waals surface area contributed by atoms with E-state index in [2.05, 4.69) is 145 Å². The highest BCUT2D eigenvalue weighted by Gasteiger charge is 2.41. The molecule has 0 aliphatic rings. The smallest absolute Gasteiger partial charge is 0.240 e. The Morgan fingerprint density at radius 1 is 0.397 bits per heavy atom. The van der Waals surface area contributed by atoms with E-state index in [0.717, 1.165) is 54.7 Å². The molecule has 3 aromatic heterocycles. The standard InChI is InChI=1S/C52H37N5Si/c1-36-32-33-49-45(34-36)44-28-13-16-31-48(44)57(49)52-54-50(53-51(55-52)56-46-29-14-11-26-42(46)43-27-12-15-30-47(43)56)37-18-17-25-41(35-37)58(38-19-5-2-6-20-38,39-21-7-3-8-22-39)40-23-9-4-10-24-40/h2-35H,1H3/i11D,12D,13D. The van der Waals surface area contributed by atoms with E-state index in [-0.39, 0.29) is 0 Å². The van der Waals surface area contributed by atoms with Crippen molar-refractivity contribution in [3.63, 3.8) is 0 Å². The van der Waals surface area contributed by atoms with Gasteiger partial charge in [-0.1, -0.05) is 181 Å². The Morgan fingerprint density at radius 3 is 1.34 bits per heavy atom. The van der Waals surface area contributed by atoms with Crippen molar-refractivity contribution >= 4 is 72.4 Å². The zero-order chi connectivity index (χ0) is 41.2. The summed E-state index contributed by atoms with van der Waals surface area (Å²) in [6.07, 6.45) is 0. The van der Waals surface area contributed by atoms with Crippen molar-refractivity contribution in [3.05, 3.63) is 212 Å². The van der Waals surface area contributed by atoms with Gasteiger partial charge in [-0.3, -0.25) is 9.13 Å². The quantitative estimate of drug-likeness (QED) is 0.120. The molecule has 0 unspecified atom stereocenters. The van der Waals surface area contributed by atoms with Crippen LogP contribution in [0.2, 0.25) is 0 Å². The number of aryl methyl sites for hydroxylation is 1. The molecule has 0 bridgehead atoms. The number of benzene rings is 8. The van der Waals surface area contributed by atoms with E-state index in [4.69, 9.17) is 19.1 Å². The molecule has 0 spiro atoms. The van der Waals surface area contributed by atoms with Gasteiger partial charge in [-0.05, 0) is 58.0 Å². The van der Waals surface area contributed by atoms with Crippen LogP contribution in [-0.2, 0) is 0 Å². The van der Waals surface area contributed by atoms with Crippen molar-refractivity contribution in [1.82, 2.24) is 24.1 Å². The van der Waals surface area contributed by atoms with Crippen LogP contribution in [0.15, 0.2) is 206 Å². The average Bonchev–Trinajstić information content (AvgIpc) is 3.78. The van der Waals surface area contributed by atoms with E-state index in [1.165, 1.54) is 20.7 Å². The Morgan fingerprint density at radius 2 is 0.845 bits per heavy atom. The molecule has 0 aliphatic heterocycles. The first-order valence-electron chi connectivity index (χ1n) is 20.9. The van der Waals surface area contributed by atoms with E-state index in [0.29, 0.717) is 35.8 Å². The van der Waals surface area contributed by atoms with Crippen molar-refractivity contribution < 1.29 is 4.11 Å². The van der Waals surface area contributed by atoms with Gasteiger partial charge in [0.05, 0.1) is 26.2 Å². The first kappa shape index (κ1) is 30.8. The Hall–Kier alpha value is -7.41. The number of rotatable bonds is 7. The molecular formula is C52H37N5Si. The predicted octanol–water partition coefficient (Wildman–Crippen LogP) is 9.42. The lowest BCUT2D eigenvalue weighted by Gasteiger charge is -2.34. The highest BCUT2D eigenvalue weighted by Crippen LogP contribution is 2.34. The van der Waals surface area contributed by atoms with Crippen molar-refractivity contribution in [3.8, 4) is 23.3 Å². The summed E-state index contributed by atoms with van der Waals surface area (Å²) in [5.74, 6) is 1.36. The van der Waals surface area contributed by atoms with Crippen LogP contribution in [0, 0.1) is 6.92 Å². The molecule has 6 heteroatoms. The summed E-state index contributed by atoms with van der Waals surface area (Å²) in [5, 5.41) is 8.65. The van der Waals surface area contributed by atoms with Crippen LogP contribution >= 0.6 is 0 Å². The van der Waals surface area contributed by atoms with Crippen molar-refractivity contribution in [2.24, 2.45) is 0 Å². The third-order valence-electron chi connectivity index (χ3n) is 11.4. The third kappa shape index (κ3) is 5.26. The van der Waals surface area contributed by atoms with Gasteiger partial charge in [-0.15, -0.1) is 0 Å². The summed E-state index contributed by atoms with van der Waals surface area (Å²) >= 11 is 0. The van der Waals surface area contributed by atoms with E-state index in [1.807, 2.05) is 47.0 Å². The second kappa shape index (κ2) is 13.7. The molecule has 0 radical (unpaired) electrons. The molecule has 11 aromatic rings. The number of para-hydroxylation sites is 3. The molecule has 8 aromatic carbocycles. The van der Waals surface area contributed by atoms with Crippen LogP contribution in [0.5, 0.6) is 0 Å². The van der Waals surface area contributed by atoms with Crippen LogP contribution in [-0.4, -0.2) is 32.2 Å². The van der Waals surface area contributed by atoms with Gasteiger partial charge in [-0.2, -0.15) is 15.0 Å². The molecule has 0 saturated heterocycles. The average molecular weight is 763 g/mol. The molecule has 11 rings (SSSR count). The van der Waals surface area contributed by atoms with Crippen molar-refractivity contribution in [1.29, 1.82) is 0 Å². The summed E-state index contributed by atoms with van der Waals surface area (Å²) in [7, 11) is -2.90. The van der Waals surface area contributed by atoms with Gasteiger partial charge in [-0.25, -0.2) is 0 Å². The first-order chi connectivity index (χ1) is 29.9. The molecule has 0 atom stereocenters. The lowest BCUT2D eigenvalue weighted by molar-refractivity contribution is 0.893. The van der Waals surface area contributed by atoms with Gasteiger partial charge >= 0.3 is 0 Å². The van der Waals surface area contributed by atoms with Crippen LogP contribution in [0.25, 0.3) is 66.9 Å². The molecule has 0 amide bonds. The molecule has 274 valence electrons. The topological polar surface area (TPSA) is 48.5 Å². The number of aromatic nitrogens is 5. The highest BCUT2D eigenvalue weighted by atomic mass is 28.3. The predicted molar refractivity (Wildman–Crippen MR) is 242 cm³/mol. The Kier molecular flexibility index (Phi) is 7.24. The second-order valence-corrected chi connectivity index (χ2v) is 18.5. The number of nitrogens with zero attached hydrogens (tertiary/aromatic N) is 5. The Balaban J connectivity index is 1.23. The molecule has 0 aliphatic carbocycles. The highest BCUT2D eigenvalue weighted by molar-refractivity contribution is 7.19. The van der Waals surface area contributed by atoms with Gasteiger partial charge < -0.3 is 0 Å². The van der Waals surface area contributed by atoms with Gasteiger partial charge in [0.2, 0.25) is 11.9 Å². The van der Waals surface area contributed by atoms with E-state index in [9.17, 15) is 0 Å². The van der Waals surface area contributed by atoms with E-state index >= 15 is 0 Å². The lowest BCUT2D eigenvalue weighted by atomic mass is 10.1. The maximum Gasteiger partial charge on any atom is 0.240 e. The van der Waals surface area contributed by atoms with Gasteiger partial charge in [0, 0.05) is 27.1 Å². The fraction of sp³-hybridized carbons (Fsp3) is 0.0192.